The maximum absolute atomic E-state index is 15.0. The van der Waals surface area contributed by atoms with E-state index in [4.69, 9.17) is 42.4 Å². The number of amides is 3. The van der Waals surface area contributed by atoms with Gasteiger partial charge in [-0.25, -0.2) is 4.79 Å². The minimum atomic E-state index is -0.478. The van der Waals surface area contributed by atoms with Crippen molar-refractivity contribution in [2.24, 2.45) is 4.99 Å². The second-order valence-corrected chi connectivity index (χ2v) is 14.7. The number of piperazine rings is 1. The van der Waals surface area contributed by atoms with Crippen molar-refractivity contribution < 1.29 is 23.8 Å². The molecule has 6 rings (SSSR count). The number of halogens is 2. The Balaban J connectivity index is 1.40. The third kappa shape index (κ3) is 8.05. The first-order chi connectivity index (χ1) is 24.5. The quantitative estimate of drug-likeness (QED) is 0.240. The largest absolute Gasteiger partial charge is 0.493 e. The van der Waals surface area contributed by atoms with Gasteiger partial charge in [-0.1, -0.05) is 67.4 Å². The zero-order valence-electron chi connectivity index (χ0n) is 30.0. The number of nitrogens with zero attached hydrogens (tertiary/aromatic N) is 5. The summed E-state index contributed by atoms with van der Waals surface area (Å²) in [6.07, 6.45) is -0.200. The molecule has 12 heteroatoms. The SMILES string of the molecule is CCOc1cc(C(C)(C)COC)ccc1C1=N[C@@H](c2ccc(Cl)cc2)[C@@H](c2ccc(Cl)cc2)N1C(=O)N1CCN(C2CN(C(C)=O)CCO2)CC1. The first-order valence-electron chi connectivity index (χ1n) is 17.6. The molecule has 10 nitrogen and oxygen atoms in total. The highest BCUT2D eigenvalue weighted by Gasteiger charge is 2.45. The topological polar surface area (TPSA) is 87.2 Å². The van der Waals surface area contributed by atoms with E-state index in [0.29, 0.717) is 80.7 Å². The number of carbonyl (C=O) groups excluding carboxylic acids is 2. The number of hydrogen-bond acceptors (Lipinski definition) is 7. The predicted molar refractivity (Wildman–Crippen MR) is 200 cm³/mol. The van der Waals surface area contributed by atoms with Crippen LogP contribution in [0.2, 0.25) is 10.0 Å². The van der Waals surface area contributed by atoms with Crippen LogP contribution in [0.3, 0.4) is 0 Å². The normalized spacial score (nSPS) is 21.5. The molecule has 2 saturated heterocycles. The predicted octanol–water partition coefficient (Wildman–Crippen LogP) is 6.80. The van der Waals surface area contributed by atoms with Crippen molar-refractivity contribution in [1.29, 1.82) is 0 Å². The molecule has 0 N–H and O–H groups in total. The first kappa shape index (κ1) is 37.1. The average Bonchev–Trinajstić information content (AvgIpc) is 3.52. The van der Waals surface area contributed by atoms with Gasteiger partial charge < -0.3 is 24.0 Å². The Bertz CT molecular complexity index is 1730. The molecule has 3 aliphatic heterocycles. The van der Waals surface area contributed by atoms with E-state index in [9.17, 15) is 4.79 Å². The molecule has 0 bridgehead atoms. The molecule has 0 aromatic heterocycles. The second kappa shape index (κ2) is 15.9. The molecule has 0 spiro atoms. The summed E-state index contributed by atoms with van der Waals surface area (Å²) in [6.45, 7) is 12.6. The molecular weight excluding hydrogens is 689 g/mol. The molecular formula is C39H47Cl2N5O5. The molecule has 2 fully saturated rings. The Morgan fingerprint density at radius 1 is 0.902 bits per heavy atom. The molecule has 272 valence electrons. The molecule has 3 aliphatic rings. The fourth-order valence-corrected chi connectivity index (χ4v) is 7.45. The molecule has 3 amide bonds. The van der Waals surface area contributed by atoms with Crippen LogP contribution in [0.15, 0.2) is 71.7 Å². The van der Waals surface area contributed by atoms with Crippen LogP contribution in [0, 0.1) is 0 Å². The van der Waals surface area contributed by atoms with Gasteiger partial charge in [0.05, 0.1) is 38.0 Å². The molecule has 3 atom stereocenters. The number of carbonyl (C=O) groups is 2. The van der Waals surface area contributed by atoms with Gasteiger partial charge in [0, 0.05) is 62.2 Å². The highest BCUT2D eigenvalue weighted by atomic mass is 35.5. The zero-order chi connectivity index (χ0) is 36.3. The van der Waals surface area contributed by atoms with Crippen LogP contribution in [-0.4, -0.2) is 110 Å². The Labute approximate surface area is 310 Å². The maximum atomic E-state index is 15.0. The van der Waals surface area contributed by atoms with Crippen molar-refractivity contribution in [2.45, 2.75) is 51.4 Å². The summed E-state index contributed by atoms with van der Waals surface area (Å²) in [7, 11) is 1.70. The number of benzene rings is 3. The van der Waals surface area contributed by atoms with Crippen molar-refractivity contribution in [3.8, 4) is 5.75 Å². The summed E-state index contributed by atoms with van der Waals surface area (Å²) >= 11 is 12.7. The third-order valence-electron chi connectivity index (χ3n) is 9.99. The van der Waals surface area contributed by atoms with Crippen LogP contribution in [0.1, 0.15) is 62.0 Å². The van der Waals surface area contributed by atoms with E-state index in [2.05, 4.69) is 24.8 Å². The Morgan fingerprint density at radius 3 is 2.16 bits per heavy atom. The summed E-state index contributed by atoms with van der Waals surface area (Å²) < 4.78 is 17.9. The molecule has 0 saturated carbocycles. The summed E-state index contributed by atoms with van der Waals surface area (Å²) in [6, 6.07) is 20.4. The molecule has 0 aliphatic carbocycles. The van der Waals surface area contributed by atoms with Crippen molar-refractivity contribution in [1.82, 2.24) is 19.6 Å². The summed E-state index contributed by atoms with van der Waals surface area (Å²) in [5.74, 6) is 1.23. The molecule has 0 radical (unpaired) electrons. The lowest BCUT2D eigenvalue weighted by Crippen LogP contribution is -2.59. The van der Waals surface area contributed by atoms with Crippen LogP contribution in [-0.2, 0) is 19.7 Å². The lowest BCUT2D eigenvalue weighted by atomic mass is 9.85. The van der Waals surface area contributed by atoms with Gasteiger partial charge in [0.15, 0.2) is 0 Å². The number of rotatable bonds is 9. The highest BCUT2D eigenvalue weighted by molar-refractivity contribution is 6.30. The van der Waals surface area contributed by atoms with E-state index in [1.54, 1.807) is 14.0 Å². The van der Waals surface area contributed by atoms with Crippen molar-refractivity contribution in [3.63, 3.8) is 0 Å². The molecule has 3 aromatic rings. The Kier molecular flexibility index (Phi) is 11.6. The van der Waals surface area contributed by atoms with Gasteiger partial charge >= 0.3 is 6.03 Å². The zero-order valence-corrected chi connectivity index (χ0v) is 31.5. The summed E-state index contributed by atoms with van der Waals surface area (Å²) in [4.78, 5) is 40.3. The minimum absolute atomic E-state index is 0.0446. The third-order valence-corrected chi connectivity index (χ3v) is 10.5. The van der Waals surface area contributed by atoms with E-state index >= 15 is 4.79 Å². The van der Waals surface area contributed by atoms with Crippen LogP contribution in [0.25, 0.3) is 0 Å². The number of morpholine rings is 1. The van der Waals surface area contributed by atoms with Crippen LogP contribution >= 0.6 is 23.2 Å². The van der Waals surface area contributed by atoms with E-state index < -0.39 is 12.1 Å². The number of methoxy groups -OCH3 is 1. The van der Waals surface area contributed by atoms with Gasteiger partial charge in [-0.15, -0.1) is 0 Å². The lowest BCUT2D eigenvalue weighted by Gasteiger charge is -2.44. The fourth-order valence-electron chi connectivity index (χ4n) is 7.19. The first-order valence-corrected chi connectivity index (χ1v) is 18.3. The average molecular weight is 737 g/mol. The number of amidine groups is 1. The summed E-state index contributed by atoms with van der Waals surface area (Å²) in [5.41, 5.74) is 3.35. The molecule has 1 unspecified atom stereocenters. The van der Waals surface area contributed by atoms with Crippen LogP contribution in [0.5, 0.6) is 5.75 Å². The minimum Gasteiger partial charge on any atom is -0.493 e. The van der Waals surface area contributed by atoms with Crippen LogP contribution < -0.4 is 4.74 Å². The highest BCUT2D eigenvalue weighted by Crippen LogP contribution is 2.46. The van der Waals surface area contributed by atoms with E-state index in [1.165, 1.54) is 0 Å². The number of ether oxygens (including phenoxy) is 3. The van der Waals surface area contributed by atoms with Gasteiger partial charge in [-0.05, 0) is 60.0 Å². The number of aliphatic imine (C=N–C) groups is 1. The number of hydrogen-bond donors (Lipinski definition) is 0. The van der Waals surface area contributed by atoms with E-state index in [0.717, 1.165) is 22.3 Å². The number of urea groups is 1. The van der Waals surface area contributed by atoms with Crippen molar-refractivity contribution in [2.75, 3.05) is 66.2 Å². The standard InChI is InChI=1S/C39H47Cl2N5O5/c1-6-50-33-23-29(39(3,4)25-49-5)11-16-32(33)37-42-35(27-7-12-30(40)13-8-27)36(28-9-14-31(41)15-10-28)46(37)38(48)44-19-17-43(18-20-44)34-24-45(26(2)47)21-22-51-34/h7-16,23,34-36H,6,17-22,24-25H2,1-5H3/t34?,35-,36+/m0/s1. The van der Waals surface area contributed by atoms with Gasteiger partial charge in [-0.3, -0.25) is 19.6 Å². The van der Waals surface area contributed by atoms with Crippen molar-refractivity contribution >= 4 is 41.0 Å². The van der Waals surface area contributed by atoms with Gasteiger partial charge in [0.1, 0.15) is 23.9 Å². The van der Waals surface area contributed by atoms with Gasteiger partial charge in [-0.2, -0.15) is 0 Å². The van der Waals surface area contributed by atoms with Gasteiger partial charge in [0.2, 0.25) is 5.91 Å². The Morgan fingerprint density at radius 2 is 1.55 bits per heavy atom. The fraction of sp³-hybridized carbons (Fsp3) is 0.462. The monoisotopic (exact) mass is 735 g/mol. The maximum Gasteiger partial charge on any atom is 0.326 e. The Hall–Kier alpha value is -3.67. The summed E-state index contributed by atoms with van der Waals surface area (Å²) in [5, 5.41) is 1.23. The molecule has 3 heterocycles. The second-order valence-electron chi connectivity index (χ2n) is 13.9. The van der Waals surface area contributed by atoms with E-state index in [1.807, 2.05) is 82.3 Å². The van der Waals surface area contributed by atoms with E-state index in [-0.39, 0.29) is 23.6 Å². The van der Waals surface area contributed by atoms with Gasteiger partial charge in [0.25, 0.3) is 0 Å². The lowest BCUT2D eigenvalue weighted by molar-refractivity contribution is -0.150. The van der Waals surface area contributed by atoms with Crippen molar-refractivity contribution in [3.05, 3.63) is 99.0 Å². The smallest absolute Gasteiger partial charge is 0.326 e. The molecule has 51 heavy (non-hydrogen) atoms. The van der Waals surface area contributed by atoms with Crippen LogP contribution in [0.4, 0.5) is 4.79 Å². The molecule has 3 aromatic carbocycles.